The van der Waals surface area contributed by atoms with Crippen molar-refractivity contribution in [3.8, 4) is 12.1 Å². The van der Waals surface area contributed by atoms with Gasteiger partial charge in [0.2, 0.25) is 0 Å². The molecule has 0 spiro atoms. The van der Waals surface area contributed by atoms with Crippen LogP contribution in [0.1, 0.15) is 31.3 Å². The lowest BCUT2D eigenvalue weighted by molar-refractivity contribution is 0.172. The van der Waals surface area contributed by atoms with Gasteiger partial charge in [-0.05, 0) is 44.0 Å². The fraction of sp³-hybridized carbons (Fsp3) is 0.650. The van der Waals surface area contributed by atoms with Gasteiger partial charge in [0, 0.05) is 19.6 Å². The molecule has 0 aliphatic carbocycles. The van der Waals surface area contributed by atoms with Crippen molar-refractivity contribution >= 4 is 5.84 Å². The van der Waals surface area contributed by atoms with Crippen LogP contribution in [0.15, 0.2) is 21.5 Å². The largest absolute Gasteiger partial charge is 0.463 e. The minimum absolute atomic E-state index is 0.609. The van der Waals surface area contributed by atoms with Gasteiger partial charge >= 0.3 is 0 Å². The highest BCUT2D eigenvalue weighted by Gasteiger charge is 2.24. The Morgan fingerprint density at radius 1 is 1.22 bits per heavy atom. The van der Waals surface area contributed by atoms with Gasteiger partial charge in [0.25, 0.3) is 0 Å². The van der Waals surface area contributed by atoms with E-state index in [9.17, 15) is 0 Å². The summed E-state index contributed by atoms with van der Waals surface area (Å²) in [4.78, 5) is 8.79. The van der Waals surface area contributed by atoms with Crippen LogP contribution in [0.25, 0.3) is 0 Å². The second-order valence-corrected chi connectivity index (χ2v) is 7.42. The van der Waals surface area contributed by atoms with E-state index in [2.05, 4.69) is 28.2 Å². The Kier molecular flexibility index (Phi) is 6.86. The second kappa shape index (κ2) is 9.55. The third-order valence-electron chi connectivity index (χ3n) is 5.31. The average molecular weight is 368 g/mol. The first-order valence-electron chi connectivity index (χ1n) is 9.78. The van der Waals surface area contributed by atoms with Crippen molar-refractivity contribution in [3.05, 3.63) is 23.7 Å². The summed E-state index contributed by atoms with van der Waals surface area (Å²) in [6.45, 7) is 9.12. The highest BCUT2D eigenvalue weighted by atomic mass is 16.3. The van der Waals surface area contributed by atoms with Crippen molar-refractivity contribution in [1.82, 2.24) is 15.1 Å². The number of hydrogen-bond acceptors (Lipinski definition) is 7. The van der Waals surface area contributed by atoms with Gasteiger partial charge in [0.1, 0.15) is 17.4 Å². The van der Waals surface area contributed by atoms with E-state index in [1.165, 1.54) is 12.8 Å². The molecule has 0 amide bonds. The molecule has 1 N–H and O–H groups in total. The zero-order valence-corrected chi connectivity index (χ0v) is 16.0. The van der Waals surface area contributed by atoms with E-state index in [1.807, 2.05) is 23.1 Å². The molecule has 3 rings (SSSR count). The van der Waals surface area contributed by atoms with Crippen molar-refractivity contribution in [2.75, 3.05) is 39.3 Å². The molecule has 1 aromatic rings. The number of likely N-dealkylation sites (tertiary alicyclic amines) is 1. The lowest BCUT2D eigenvalue weighted by Gasteiger charge is -2.29. The molecule has 1 aromatic heterocycles. The molecule has 0 radical (unpaired) electrons. The zero-order valence-electron chi connectivity index (χ0n) is 16.0. The van der Waals surface area contributed by atoms with Crippen molar-refractivity contribution in [2.24, 2.45) is 16.8 Å². The molecule has 3 heterocycles. The first-order chi connectivity index (χ1) is 13.2. The number of hydrogen-bond donors (Lipinski definition) is 1. The Morgan fingerprint density at radius 2 is 1.96 bits per heavy atom. The molecule has 2 aliphatic rings. The minimum atomic E-state index is -0.766. The predicted octanol–water partition coefficient (Wildman–Crippen LogP) is 1.98. The number of aliphatic imine (C=N–C) groups is 1. The van der Waals surface area contributed by atoms with Crippen molar-refractivity contribution in [2.45, 2.75) is 32.9 Å². The van der Waals surface area contributed by atoms with Gasteiger partial charge in [-0.3, -0.25) is 9.89 Å². The molecule has 2 aliphatic heterocycles. The van der Waals surface area contributed by atoms with Gasteiger partial charge in [-0.25, -0.2) is 0 Å². The molecule has 0 aromatic carbocycles. The van der Waals surface area contributed by atoms with E-state index in [-0.39, 0.29) is 0 Å². The summed E-state index contributed by atoms with van der Waals surface area (Å²) in [6.07, 6.45) is 2.55. The van der Waals surface area contributed by atoms with Gasteiger partial charge in [0.05, 0.1) is 31.8 Å². The highest BCUT2D eigenvalue weighted by Crippen LogP contribution is 2.19. The molecular formula is C20H28N6O. The number of piperidine rings is 1. The smallest absolute Gasteiger partial charge is 0.189 e. The van der Waals surface area contributed by atoms with E-state index in [0.29, 0.717) is 18.9 Å². The van der Waals surface area contributed by atoms with E-state index < -0.39 is 5.92 Å². The van der Waals surface area contributed by atoms with Crippen LogP contribution in [0.3, 0.4) is 0 Å². The first-order valence-corrected chi connectivity index (χ1v) is 9.78. The van der Waals surface area contributed by atoms with Crippen LogP contribution < -0.4 is 5.32 Å². The zero-order chi connectivity index (χ0) is 19.1. The Morgan fingerprint density at radius 3 is 2.70 bits per heavy atom. The summed E-state index contributed by atoms with van der Waals surface area (Å²) >= 11 is 0. The summed E-state index contributed by atoms with van der Waals surface area (Å²) in [6, 6.07) is 8.13. The van der Waals surface area contributed by atoms with Crippen molar-refractivity contribution in [1.29, 1.82) is 10.5 Å². The normalized spacial score (nSPS) is 18.5. The van der Waals surface area contributed by atoms with Gasteiger partial charge < -0.3 is 14.6 Å². The SMILES string of the molecule is CC1CCN(Cc2ccc(CNCCN3CCN=C3C(C#N)C#N)o2)CC1. The lowest BCUT2D eigenvalue weighted by atomic mass is 9.99. The minimum Gasteiger partial charge on any atom is -0.463 e. The van der Waals surface area contributed by atoms with Crippen LogP contribution in [0.4, 0.5) is 0 Å². The molecular weight excluding hydrogens is 340 g/mol. The van der Waals surface area contributed by atoms with Crippen LogP contribution in [0.2, 0.25) is 0 Å². The van der Waals surface area contributed by atoms with Gasteiger partial charge in [-0.15, -0.1) is 0 Å². The maximum atomic E-state index is 9.05. The molecule has 27 heavy (non-hydrogen) atoms. The maximum Gasteiger partial charge on any atom is 0.189 e. The fourth-order valence-electron chi connectivity index (χ4n) is 3.61. The number of amidine groups is 1. The summed E-state index contributed by atoms with van der Waals surface area (Å²) in [5.41, 5.74) is 0. The van der Waals surface area contributed by atoms with E-state index in [0.717, 1.165) is 56.7 Å². The quantitative estimate of drug-likeness (QED) is 0.706. The standard InChI is InChI=1S/C20H28N6O/c1-16-4-8-25(9-5-16)15-19-3-2-18(27-19)14-23-6-10-26-11-7-24-20(26)17(12-21)13-22/h2-3,16-17,23H,4-11,14-15H2,1H3. The molecule has 0 atom stereocenters. The molecule has 7 nitrogen and oxygen atoms in total. The van der Waals surface area contributed by atoms with Crippen LogP contribution in [-0.2, 0) is 13.1 Å². The number of rotatable bonds is 8. The van der Waals surface area contributed by atoms with Gasteiger partial charge in [-0.1, -0.05) is 6.92 Å². The van der Waals surface area contributed by atoms with Crippen molar-refractivity contribution in [3.63, 3.8) is 0 Å². The number of nitrogens with zero attached hydrogens (tertiary/aromatic N) is 5. The van der Waals surface area contributed by atoms with Crippen LogP contribution in [0.5, 0.6) is 0 Å². The molecule has 7 heteroatoms. The first kappa shape index (κ1) is 19.4. The van der Waals surface area contributed by atoms with Gasteiger partial charge in [0.15, 0.2) is 5.92 Å². The summed E-state index contributed by atoms with van der Waals surface area (Å²) in [7, 11) is 0. The van der Waals surface area contributed by atoms with E-state index >= 15 is 0 Å². The fourth-order valence-corrected chi connectivity index (χ4v) is 3.61. The molecule has 1 saturated heterocycles. The topological polar surface area (TPSA) is 91.6 Å². The van der Waals surface area contributed by atoms with E-state index in [1.54, 1.807) is 0 Å². The van der Waals surface area contributed by atoms with Crippen molar-refractivity contribution < 1.29 is 4.42 Å². The second-order valence-electron chi connectivity index (χ2n) is 7.42. The highest BCUT2D eigenvalue weighted by molar-refractivity contribution is 5.90. The third kappa shape index (κ3) is 5.32. The Hall–Kier alpha value is -2.35. The summed E-state index contributed by atoms with van der Waals surface area (Å²) in [5.74, 6) is 2.66. The Bertz CT molecular complexity index is 706. The molecule has 1 fully saturated rings. The monoisotopic (exact) mass is 368 g/mol. The average Bonchev–Trinajstić information content (AvgIpc) is 3.32. The van der Waals surface area contributed by atoms with Crippen LogP contribution in [-0.4, -0.2) is 54.9 Å². The van der Waals surface area contributed by atoms with E-state index in [4.69, 9.17) is 14.9 Å². The number of furan rings is 1. The molecule has 0 unspecified atom stereocenters. The Labute approximate surface area is 161 Å². The Balaban J connectivity index is 1.38. The summed E-state index contributed by atoms with van der Waals surface area (Å²) < 4.78 is 5.95. The lowest BCUT2D eigenvalue weighted by Crippen LogP contribution is -2.37. The summed E-state index contributed by atoms with van der Waals surface area (Å²) in [5, 5.41) is 21.5. The third-order valence-corrected chi connectivity index (χ3v) is 5.31. The maximum absolute atomic E-state index is 9.05. The molecule has 0 saturated carbocycles. The number of nitrogens with one attached hydrogen (secondary N) is 1. The predicted molar refractivity (Wildman–Crippen MR) is 103 cm³/mol. The van der Waals surface area contributed by atoms with Crippen LogP contribution in [0, 0.1) is 34.5 Å². The van der Waals surface area contributed by atoms with Gasteiger partial charge in [-0.2, -0.15) is 10.5 Å². The number of nitriles is 2. The molecule has 0 bridgehead atoms. The molecule has 144 valence electrons. The van der Waals surface area contributed by atoms with Crippen LogP contribution >= 0.6 is 0 Å².